The molecule has 2 aliphatic rings. The average Bonchev–Trinajstić information content (AvgIpc) is 3.03. The van der Waals surface area contributed by atoms with Gasteiger partial charge >= 0.3 is 6.03 Å². The minimum Gasteiger partial charge on any atom is -0.493 e. The molecule has 0 radical (unpaired) electrons. The summed E-state index contributed by atoms with van der Waals surface area (Å²) in [5.74, 6) is 0.546. The monoisotopic (exact) mass is 638 g/mol. The molecule has 2 N–H and O–H groups in total. The molecule has 10 nitrogen and oxygen atoms in total. The van der Waals surface area contributed by atoms with E-state index in [1.54, 1.807) is 24.1 Å². The number of carbonyl (C=O) groups excluding carboxylic acids is 2. The number of piperidine rings is 1. The molecule has 1 aromatic heterocycles. The van der Waals surface area contributed by atoms with Crippen molar-refractivity contribution in [1.29, 1.82) is 0 Å². The van der Waals surface area contributed by atoms with Gasteiger partial charge in [-0.3, -0.25) is 19.9 Å². The standard InChI is InChI=1S/C31H29Cl2FN6O4/c1-43-25-15-24-21(30(36-17-35-24)37-23-7-6-22(32)28(33)29(23)34)14-26(25)44-20-8-11-39(12-9-20)16-18-2-4-19(5-3-18)40-13-10-27(41)38-31(40)42/h2-7,14-15,17,20H,8-13,16H2,1H3,(H,35,36,37)(H,38,41,42). The van der Waals surface area contributed by atoms with E-state index in [0.29, 0.717) is 41.2 Å². The van der Waals surface area contributed by atoms with Gasteiger partial charge in [0.05, 0.1) is 28.4 Å². The van der Waals surface area contributed by atoms with Crippen molar-refractivity contribution in [2.75, 3.05) is 37.0 Å². The number of hydrogen-bond acceptors (Lipinski definition) is 8. The number of nitrogens with one attached hydrogen (secondary N) is 2. The van der Waals surface area contributed by atoms with Crippen LogP contribution in [0, 0.1) is 5.82 Å². The molecule has 44 heavy (non-hydrogen) atoms. The van der Waals surface area contributed by atoms with Gasteiger partial charge in [-0.05, 0) is 48.7 Å². The number of aromatic nitrogens is 2. The Morgan fingerprint density at radius 1 is 1.02 bits per heavy atom. The van der Waals surface area contributed by atoms with Gasteiger partial charge in [-0.15, -0.1) is 0 Å². The summed E-state index contributed by atoms with van der Waals surface area (Å²) in [5, 5.41) is 5.93. The molecule has 228 valence electrons. The Morgan fingerprint density at radius 3 is 2.52 bits per heavy atom. The molecule has 3 heterocycles. The summed E-state index contributed by atoms with van der Waals surface area (Å²) in [5.41, 5.74) is 2.63. The van der Waals surface area contributed by atoms with Crippen LogP contribution in [-0.2, 0) is 11.3 Å². The largest absolute Gasteiger partial charge is 0.493 e. The SMILES string of the molecule is COc1cc2ncnc(Nc3ccc(Cl)c(Cl)c3F)c2cc1OC1CCN(Cc2ccc(N3CCC(=O)NC3=O)cc2)CC1. The highest BCUT2D eigenvalue weighted by molar-refractivity contribution is 6.42. The van der Waals surface area contributed by atoms with Crippen LogP contribution in [0.25, 0.3) is 10.9 Å². The quantitative estimate of drug-likeness (QED) is 0.216. The second-order valence-corrected chi connectivity index (χ2v) is 11.4. The van der Waals surface area contributed by atoms with Crippen molar-refractivity contribution in [3.63, 3.8) is 0 Å². The summed E-state index contributed by atoms with van der Waals surface area (Å²) in [6.07, 6.45) is 3.27. The lowest BCUT2D eigenvalue weighted by Gasteiger charge is -2.32. The first kappa shape index (κ1) is 29.9. The number of fused-ring (bicyclic) bond motifs is 1. The number of benzene rings is 3. The summed E-state index contributed by atoms with van der Waals surface area (Å²) in [6, 6.07) is 14.0. The Morgan fingerprint density at radius 2 is 1.80 bits per heavy atom. The van der Waals surface area contributed by atoms with Crippen LogP contribution in [0.5, 0.6) is 11.5 Å². The molecule has 2 fully saturated rings. The number of hydrogen-bond donors (Lipinski definition) is 2. The molecule has 0 aliphatic carbocycles. The molecule has 4 aromatic rings. The number of likely N-dealkylation sites (tertiary alicyclic amines) is 1. The van der Waals surface area contributed by atoms with Gasteiger partial charge in [0.1, 0.15) is 18.2 Å². The number of anilines is 3. The molecule has 0 atom stereocenters. The van der Waals surface area contributed by atoms with Gasteiger partial charge in [0, 0.05) is 49.7 Å². The lowest BCUT2D eigenvalue weighted by molar-refractivity contribution is -0.120. The maximum atomic E-state index is 14.7. The normalized spacial score (nSPS) is 16.2. The Labute approximate surface area is 263 Å². The number of methoxy groups -OCH3 is 1. The molecule has 2 saturated heterocycles. The third-order valence-electron chi connectivity index (χ3n) is 7.75. The fourth-order valence-corrected chi connectivity index (χ4v) is 5.69. The fraction of sp³-hybridized carbons (Fsp3) is 0.290. The van der Waals surface area contributed by atoms with E-state index in [4.69, 9.17) is 32.7 Å². The van der Waals surface area contributed by atoms with Gasteiger partial charge in [0.15, 0.2) is 17.3 Å². The van der Waals surface area contributed by atoms with E-state index in [1.165, 1.54) is 18.5 Å². The third-order valence-corrected chi connectivity index (χ3v) is 8.53. The minimum absolute atomic E-state index is 0.0335. The maximum Gasteiger partial charge on any atom is 0.328 e. The number of imide groups is 1. The van der Waals surface area contributed by atoms with Crippen molar-refractivity contribution < 1.29 is 23.5 Å². The van der Waals surface area contributed by atoms with E-state index in [-0.39, 0.29) is 33.8 Å². The number of carbonyl (C=O) groups is 2. The number of amides is 3. The van der Waals surface area contributed by atoms with E-state index >= 15 is 0 Å². The number of rotatable bonds is 8. The number of nitrogens with zero attached hydrogens (tertiary/aromatic N) is 4. The molecule has 3 amide bonds. The van der Waals surface area contributed by atoms with E-state index in [2.05, 4.69) is 25.5 Å². The predicted molar refractivity (Wildman–Crippen MR) is 167 cm³/mol. The molecule has 0 spiro atoms. The molecule has 6 rings (SSSR count). The smallest absolute Gasteiger partial charge is 0.328 e. The summed E-state index contributed by atoms with van der Waals surface area (Å²) in [7, 11) is 1.57. The molecule has 0 unspecified atom stereocenters. The number of ether oxygens (including phenoxy) is 2. The molecular weight excluding hydrogens is 610 g/mol. The number of urea groups is 1. The minimum atomic E-state index is -0.675. The van der Waals surface area contributed by atoms with Gasteiger partial charge in [0.2, 0.25) is 5.91 Å². The van der Waals surface area contributed by atoms with Crippen LogP contribution in [0.1, 0.15) is 24.8 Å². The molecule has 13 heteroatoms. The van der Waals surface area contributed by atoms with Crippen LogP contribution in [0.3, 0.4) is 0 Å². The van der Waals surface area contributed by atoms with Crippen LogP contribution < -0.4 is 25.0 Å². The maximum absolute atomic E-state index is 14.7. The van der Waals surface area contributed by atoms with Gasteiger partial charge < -0.3 is 14.8 Å². The highest BCUT2D eigenvalue weighted by Gasteiger charge is 2.25. The Bertz CT molecular complexity index is 1720. The zero-order chi connectivity index (χ0) is 30.8. The summed E-state index contributed by atoms with van der Waals surface area (Å²) in [6.45, 7) is 2.83. The van der Waals surface area contributed by atoms with Gasteiger partial charge in [0.25, 0.3) is 0 Å². The van der Waals surface area contributed by atoms with Crippen LogP contribution in [0.15, 0.2) is 54.9 Å². The third kappa shape index (κ3) is 6.35. The zero-order valence-electron chi connectivity index (χ0n) is 23.8. The molecule has 3 aromatic carbocycles. The summed E-state index contributed by atoms with van der Waals surface area (Å²) in [4.78, 5) is 36.2. The van der Waals surface area contributed by atoms with Crippen LogP contribution in [-0.4, -0.2) is 59.7 Å². The van der Waals surface area contributed by atoms with Crippen molar-refractivity contribution >= 4 is 63.2 Å². The first-order valence-corrected chi connectivity index (χ1v) is 14.9. The molecule has 0 saturated carbocycles. The zero-order valence-corrected chi connectivity index (χ0v) is 25.3. The predicted octanol–water partition coefficient (Wildman–Crippen LogP) is 6.32. The Hall–Kier alpha value is -4.19. The Kier molecular flexibility index (Phi) is 8.69. The van der Waals surface area contributed by atoms with E-state index < -0.39 is 5.82 Å². The highest BCUT2D eigenvalue weighted by atomic mass is 35.5. The second kappa shape index (κ2) is 12.8. The van der Waals surface area contributed by atoms with Gasteiger partial charge in [-0.1, -0.05) is 35.3 Å². The summed E-state index contributed by atoms with van der Waals surface area (Å²) < 4.78 is 26.8. The highest BCUT2D eigenvalue weighted by Crippen LogP contribution is 2.37. The summed E-state index contributed by atoms with van der Waals surface area (Å²) >= 11 is 11.9. The van der Waals surface area contributed by atoms with Crippen LogP contribution >= 0.6 is 23.2 Å². The van der Waals surface area contributed by atoms with Gasteiger partial charge in [-0.2, -0.15) is 0 Å². The van der Waals surface area contributed by atoms with Crippen molar-refractivity contribution in [3.8, 4) is 11.5 Å². The van der Waals surface area contributed by atoms with Gasteiger partial charge in [-0.25, -0.2) is 19.2 Å². The van der Waals surface area contributed by atoms with Crippen LogP contribution in [0.2, 0.25) is 10.0 Å². The van der Waals surface area contributed by atoms with Crippen molar-refractivity contribution in [2.24, 2.45) is 0 Å². The van der Waals surface area contributed by atoms with Crippen molar-refractivity contribution in [1.82, 2.24) is 20.2 Å². The number of halogens is 3. The van der Waals surface area contributed by atoms with Crippen molar-refractivity contribution in [3.05, 3.63) is 76.3 Å². The van der Waals surface area contributed by atoms with Crippen LogP contribution in [0.4, 0.5) is 26.4 Å². The molecule has 0 bridgehead atoms. The van der Waals surface area contributed by atoms with E-state index in [1.807, 2.05) is 24.3 Å². The average molecular weight is 640 g/mol. The first-order valence-electron chi connectivity index (χ1n) is 14.1. The lowest BCUT2D eigenvalue weighted by Crippen LogP contribution is -2.49. The second-order valence-electron chi connectivity index (χ2n) is 10.6. The molecule has 2 aliphatic heterocycles. The topological polar surface area (TPSA) is 109 Å². The fourth-order valence-electron chi connectivity index (χ4n) is 5.38. The Balaban J connectivity index is 1.10. The first-order chi connectivity index (χ1) is 21.3. The lowest BCUT2D eigenvalue weighted by atomic mass is 10.1. The van der Waals surface area contributed by atoms with Crippen molar-refractivity contribution in [2.45, 2.75) is 31.9 Å². The van der Waals surface area contributed by atoms with E-state index in [0.717, 1.165) is 43.7 Å². The van der Waals surface area contributed by atoms with E-state index in [9.17, 15) is 14.0 Å². The molecular formula is C31H29Cl2FN6O4.